The number of benzene rings is 1. The molecule has 1 aromatic rings. The zero-order chi connectivity index (χ0) is 12.6. The monoisotopic (exact) mass is 254 g/mol. The molecule has 1 saturated carbocycles. The van der Waals surface area contributed by atoms with Crippen molar-refractivity contribution in [3.63, 3.8) is 0 Å². The lowest BCUT2D eigenvalue weighted by Crippen LogP contribution is -2.51. The van der Waals surface area contributed by atoms with E-state index in [1.165, 1.54) is 7.11 Å². The van der Waals surface area contributed by atoms with E-state index in [1.807, 2.05) is 26.0 Å². The Labute approximate surface area is 106 Å². The first-order valence-electron chi connectivity index (χ1n) is 5.52. The molecule has 0 amide bonds. The Morgan fingerprint density at radius 3 is 2.35 bits per heavy atom. The van der Waals surface area contributed by atoms with Crippen molar-refractivity contribution in [2.75, 3.05) is 7.11 Å². The summed E-state index contributed by atoms with van der Waals surface area (Å²) >= 11 is 6.08. The molecule has 1 fully saturated rings. The molecule has 2 rings (SSSR count). The largest absolute Gasteiger partial charge is 0.487 e. The van der Waals surface area contributed by atoms with Crippen molar-refractivity contribution < 1.29 is 14.3 Å². The van der Waals surface area contributed by atoms with Gasteiger partial charge in [0.05, 0.1) is 0 Å². The maximum atomic E-state index is 11.2. The lowest BCUT2D eigenvalue weighted by molar-refractivity contribution is -0.150. The molecule has 0 radical (unpaired) electrons. The molecule has 1 aliphatic carbocycles. The number of ether oxygens (including phenoxy) is 2. The van der Waals surface area contributed by atoms with Gasteiger partial charge in [-0.1, -0.05) is 11.6 Å². The third kappa shape index (κ3) is 2.31. The highest BCUT2D eigenvalue weighted by Gasteiger charge is 2.42. The number of methoxy groups -OCH3 is 1. The fraction of sp³-hybridized carbons (Fsp3) is 0.462. The highest BCUT2D eigenvalue weighted by atomic mass is 35.5. The summed E-state index contributed by atoms with van der Waals surface area (Å²) in [6.07, 6.45) is -0.182. The van der Waals surface area contributed by atoms with Gasteiger partial charge in [0, 0.05) is 18.6 Å². The van der Waals surface area contributed by atoms with Crippen LogP contribution in [-0.4, -0.2) is 25.1 Å². The smallest absolute Gasteiger partial charge is 0.169 e. The van der Waals surface area contributed by atoms with Crippen LogP contribution >= 0.6 is 11.6 Å². The first-order valence-corrected chi connectivity index (χ1v) is 5.89. The highest BCUT2D eigenvalue weighted by molar-refractivity contribution is 6.32. The normalized spacial score (nSPS) is 23.4. The fourth-order valence-electron chi connectivity index (χ4n) is 2.00. The number of carbonyl (C=O) groups is 1. The lowest BCUT2D eigenvalue weighted by atomic mass is 9.90. The van der Waals surface area contributed by atoms with Gasteiger partial charge in [-0.2, -0.15) is 0 Å². The van der Waals surface area contributed by atoms with Crippen molar-refractivity contribution in [1.29, 1.82) is 0 Å². The molecule has 4 heteroatoms. The molecule has 92 valence electrons. The molecule has 0 saturated heterocycles. The third-order valence-corrected chi connectivity index (χ3v) is 3.60. The van der Waals surface area contributed by atoms with E-state index < -0.39 is 6.10 Å². The maximum Gasteiger partial charge on any atom is 0.169 e. The fourth-order valence-corrected chi connectivity index (χ4v) is 2.11. The van der Waals surface area contributed by atoms with Crippen molar-refractivity contribution >= 4 is 17.4 Å². The molecule has 2 atom stereocenters. The number of halogens is 1. The Hall–Kier alpha value is -1.06. The number of ketones is 1. The van der Waals surface area contributed by atoms with Crippen LogP contribution in [0.3, 0.4) is 0 Å². The van der Waals surface area contributed by atoms with Crippen molar-refractivity contribution in [2.24, 2.45) is 0 Å². The highest BCUT2D eigenvalue weighted by Crippen LogP contribution is 2.30. The minimum atomic E-state index is -0.425. The first kappa shape index (κ1) is 12.4. The number of hydrogen-bond donors (Lipinski definition) is 0. The molecule has 1 aromatic carbocycles. The average Bonchev–Trinajstić information content (AvgIpc) is 2.25. The number of aryl methyl sites for hydroxylation is 2. The number of hydrogen-bond acceptors (Lipinski definition) is 3. The standard InChI is InChI=1S/C13H15ClO3/c1-7-4-9(5-8(2)12(7)14)17-11-6-10(15)13(11)16-3/h4-5,11,13H,6H2,1-3H3. The van der Waals surface area contributed by atoms with Crippen molar-refractivity contribution in [3.8, 4) is 5.75 Å². The molecule has 0 N–H and O–H groups in total. The van der Waals surface area contributed by atoms with E-state index in [1.54, 1.807) is 0 Å². The zero-order valence-corrected chi connectivity index (χ0v) is 10.9. The molecule has 0 spiro atoms. The second-order valence-corrected chi connectivity index (χ2v) is 4.73. The summed E-state index contributed by atoms with van der Waals surface area (Å²) < 4.78 is 10.8. The minimum absolute atomic E-state index is 0.0971. The maximum absolute atomic E-state index is 11.2. The zero-order valence-electron chi connectivity index (χ0n) is 10.1. The van der Waals surface area contributed by atoms with Gasteiger partial charge in [0.25, 0.3) is 0 Å². The van der Waals surface area contributed by atoms with Crippen LogP contribution in [0.2, 0.25) is 5.02 Å². The molecular weight excluding hydrogens is 240 g/mol. The quantitative estimate of drug-likeness (QED) is 0.832. The van der Waals surface area contributed by atoms with Gasteiger partial charge in [-0.15, -0.1) is 0 Å². The molecule has 3 nitrogen and oxygen atoms in total. The van der Waals surface area contributed by atoms with E-state index in [9.17, 15) is 4.79 Å². The summed E-state index contributed by atoms with van der Waals surface area (Å²) in [6, 6.07) is 3.76. The number of rotatable bonds is 3. The SMILES string of the molecule is COC1C(=O)CC1Oc1cc(C)c(Cl)c(C)c1. The van der Waals surface area contributed by atoms with Crippen LogP contribution in [0.25, 0.3) is 0 Å². The van der Waals surface area contributed by atoms with E-state index >= 15 is 0 Å². The molecule has 0 bridgehead atoms. The van der Waals surface area contributed by atoms with Gasteiger partial charge in [-0.25, -0.2) is 0 Å². The summed E-state index contributed by atoms with van der Waals surface area (Å²) in [5.74, 6) is 0.837. The van der Waals surface area contributed by atoms with Crippen molar-refractivity contribution in [3.05, 3.63) is 28.3 Å². The minimum Gasteiger partial charge on any atom is -0.487 e. The summed E-state index contributed by atoms with van der Waals surface area (Å²) in [4.78, 5) is 11.2. The predicted molar refractivity (Wildman–Crippen MR) is 65.8 cm³/mol. The van der Waals surface area contributed by atoms with E-state index in [4.69, 9.17) is 21.1 Å². The summed E-state index contributed by atoms with van der Waals surface area (Å²) in [5, 5.41) is 0.755. The van der Waals surface area contributed by atoms with Crippen LogP contribution in [0.5, 0.6) is 5.75 Å². The van der Waals surface area contributed by atoms with Crippen LogP contribution in [0.15, 0.2) is 12.1 Å². The number of carbonyl (C=O) groups excluding carboxylic acids is 1. The van der Waals surface area contributed by atoms with Gasteiger partial charge >= 0.3 is 0 Å². The van der Waals surface area contributed by atoms with Crippen LogP contribution in [0.4, 0.5) is 0 Å². The number of Topliss-reactive ketones (excluding diaryl/α,β-unsaturated/α-hetero) is 1. The molecule has 0 aliphatic heterocycles. The molecular formula is C13H15ClO3. The van der Waals surface area contributed by atoms with E-state index in [0.29, 0.717) is 6.42 Å². The molecule has 0 aromatic heterocycles. The Kier molecular flexibility index (Phi) is 3.40. The van der Waals surface area contributed by atoms with Crippen LogP contribution in [-0.2, 0) is 9.53 Å². The lowest BCUT2D eigenvalue weighted by Gasteiger charge is -2.33. The Morgan fingerprint density at radius 1 is 1.29 bits per heavy atom. The van der Waals surface area contributed by atoms with Crippen molar-refractivity contribution in [1.82, 2.24) is 0 Å². The molecule has 17 heavy (non-hydrogen) atoms. The van der Waals surface area contributed by atoms with Gasteiger partial charge in [0.1, 0.15) is 11.9 Å². The Bertz CT molecular complexity index is 433. The van der Waals surface area contributed by atoms with Crippen molar-refractivity contribution in [2.45, 2.75) is 32.5 Å². The van der Waals surface area contributed by atoms with Gasteiger partial charge in [-0.05, 0) is 37.1 Å². The second kappa shape index (κ2) is 4.67. The third-order valence-electron chi connectivity index (χ3n) is 3.01. The van der Waals surface area contributed by atoms with E-state index in [2.05, 4.69) is 0 Å². The second-order valence-electron chi connectivity index (χ2n) is 4.35. The van der Waals surface area contributed by atoms with Crippen LogP contribution in [0.1, 0.15) is 17.5 Å². The van der Waals surface area contributed by atoms with Crippen LogP contribution < -0.4 is 4.74 Å². The Morgan fingerprint density at radius 2 is 1.88 bits per heavy atom. The van der Waals surface area contributed by atoms with Gasteiger partial charge in [0.15, 0.2) is 11.9 Å². The molecule has 1 aliphatic rings. The Balaban J connectivity index is 2.12. The topological polar surface area (TPSA) is 35.5 Å². The molecule has 2 unspecified atom stereocenters. The van der Waals surface area contributed by atoms with Gasteiger partial charge in [0.2, 0.25) is 0 Å². The average molecular weight is 255 g/mol. The predicted octanol–water partition coefficient (Wildman–Crippen LogP) is 2.69. The summed E-state index contributed by atoms with van der Waals surface area (Å²) in [6.45, 7) is 3.86. The van der Waals surface area contributed by atoms with E-state index in [0.717, 1.165) is 21.9 Å². The van der Waals surface area contributed by atoms with E-state index in [-0.39, 0.29) is 11.9 Å². The summed E-state index contributed by atoms with van der Waals surface area (Å²) in [7, 11) is 1.52. The first-order chi connectivity index (χ1) is 8.02. The summed E-state index contributed by atoms with van der Waals surface area (Å²) in [5.41, 5.74) is 1.95. The van der Waals surface area contributed by atoms with Crippen LogP contribution in [0, 0.1) is 13.8 Å². The van der Waals surface area contributed by atoms with Gasteiger partial charge in [-0.3, -0.25) is 4.79 Å². The van der Waals surface area contributed by atoms with Gasteiger partial charge < -0.3 is 9.47 Å². The molecule has 0 heterocycles.